The summed E-state index contributed by atoms with van der Waals surface area (Å²) < 4.78 is 0.828. The van der Waals surface area contributed by atoms with Crippen molar-refractivity contribution in [2.24, 2.45) is 0 Å². The van der Waals surface area contributed by atoms with Crippen LogP contribution >= 0.6 is 27.5 Å². The SMILES string of the molecule is CC1CN(C(=O)c2cc(Cl)cc(Br)c2)C(C)CN1. The second kappa shape index (κ2) is 5.59. The smallest absolute Gasteiger partial charge is 0.254 e. The van der Waals surface area contributed by atoms with E-state index in [1.807, 2.05) is 11.0 Å². The molecule has 18 heavy (non-hydrogen) atoms. The summed E-state index contributed by atoms with van der Waals surface area (Å²) in [6, 6.07) is 5.84. The molecule has 1 aromatic rings. The summed E-state index contributed by atoms with van der Waals surface area (Å²) in [4.78, 5) is 14.4. The van der Waals surface area contributed by atoms with Gasteiger partial charge in [0.25, 0.3) is 5.91 Å². The third-order valence-corrected chi connectivity index (χ3v) is 3.81. The molecule has 2 atom stereocenters. The van der Waals surface area contributed by atoms with Crippen molar-refractivity contribution in [3.8, 4) is 0 Å². The van der Waals surface area contributed by atoms with Gasteiger partial charge in [-0.3, -0.25) is 4.79 Å². The maximum absolute atomic E-state index is 12.5. The van der Waals surface area contributed by atoms with Crippen molar-refractivity contribution in [1.82, 2.24) is 10.2 Å². The summed E-state index contributed by atoms with van der Waals surface area (Å²) in [7, 11) is 0. The lowest BCUT2D eigenvalue weighted by molar-refractivity contribution is 0.0616. The number of nitrogens with zero attached hydrogens (tertiary/aromatic N) is 1. The Morgan fingerprint density at radius 3 is 2.83 bits per heavy atom. The number of hydrogen-bond acceptors (Lipinski definition) is 2. The Kier molecular flexibility index (Phi) is 4.30. The van der Waals surface area contributed by atoms with Crippen molar-refractivity contribution < 1.29 is 4.79 Å². The van der Waals surface area contributed by atoms with Crippen LogP contribution < -0.4 is 5.32 Å². The second-order valence-electron chi connectivity index (χ2n) is 4.77. The first kappa shape index (κ1) is 13.8. The Balaban J connectivity index is 2.24. The van der Waals surface area contributed by atoms with Crippen molar-refractivity contribution in [2.75, 3.05) is 13.1 Å². The van der Waals surface area contributed by atoms with Gasteiger partial charge >= 0.3 is 0 Å². The highest BCUT2D eigenvalue weighted by atomic mass is 79.9. The minimum absolute atomic E-state index is 0.0408. The number of piperazine rings is 1. The van der Waals surface area contributed by atoms with Crippen molar-refractivity contribution >= 4 is 33.4 Å². The molecule has 1 aliphatic rings. The molecule has 0 bridgehead atoms. The van der Waals surface area contributed by atoms with Crippen LogP contribution in [0.3, 0.4) is 0 Å². The quantitative estimate of drug-likeness (QED) is 0.858. The molecule has 0 saturated carbocycles. The number of amides is 1. The lowest BCUT2D eigenvalue weighted by atomic mass is 10.1. The van der Waals surface area contributed by atoms with Crippen LogP contribution in [0, 0.1) is 0 Å². The molecular weight excluding hydrogens is 316 g/mol. The molecule has 1 saturated heterocycles. The van der Waals surface area contributed by atoms with E-state index in [1.54, 1.807) is 12.1 Å². The molecule has 3 nitrogen and oxygen atoms in total. The number of rotatable bonds is 1. The molecule has 0 aromatic heterocycles. The standard InChI is InChI=1S/C13H16BrClN2O/c1-8-7-17(9(2)6-16-8)13(18)10-3-11(14)5-12(15)4-10/h3-5,8-9,16H,6-7H2,1-2H3. The first-order chi connectivity index (χ1) is 8.47. The lowest BCUT2D eigenvalue weighted by Crippen LogP contribution is -2.56. The summed E-state index contributed by atoms with van der Waals surface area (Å²) in [5.41, 5.74) is 0.635. The topological polar surface area (TPSA) is 32.3 Å². The zero-order valence-corrected chi connectivity index (χ0v) is 12.8. The molecule has 1 heterocycles. The Morgan fingerprint density at radius 1 is 1.44 bits per heavy atom. The summed E-state index contributed by atoms with van der Waals surface area (Å²) in [6.07, 6.45) is 0. The fourth-order valence-corrected chi connectivity index (χ4v) is 3.01. The first-order valence-electron chi connectivity index (χ1n) is 5.98. The molecule has 0 radical (unpaired) electrons. The maximum Gasteiger partial charge on any atom is 0.254 e. The Hall–Kier alpha value is -0.580. The zero-order valence-electron chi connectivity index (χ0n) is 10.4. The van der Waals surface area contributed by atoms with Crippen LogP contribution in [0.5, 0.6) is 0 Å². The number of hydrogen-bond donors (Lipinski definition) is 1. The molecule has 5 heteroatoms. The van der Waals surface area contributed by atoms with Crippen molar-refractivity contribution in [2.45, 2.75) is 25.9 Å². The largest absolute Gasteiger partial charge is 0.333 e. The predicted octanol–water partition coefficient (Wildman–Crippen LogP) is 2.92. The maximum atomic E-state index is 12.5. The molecular formula is C13H16BrClN2O. The molecule has 1 fully saturated rings. The van der Waals surface area contributed by atoms with Crippen LogP contribution in [-0.4, -0.2) is 36.0 Å². The van der Waals surface area contributed by atoms with Gasteiger partial charge < -0.3 is 10.2 Å². The number of benzene rings is 1. The highest BCUT2D eigenvalue weighted by Gasteiger charge is 2.27. The number of halogens is 2. The van der Waals surface area contributed by atoms with Crippen LogP contribution in [0.2, 0.25) is 5.02 Å². The van der Waals surface area contributed by atoms with Gasteiger partial charge in [-0.1, -0.05) is 27.5 Å². The molecule has 1 amide bonds. The first-order valence-corrected chi connectivity index (χ1v) is 7.15. The van der Waals surface area contributed by atoms with Crippen LogP contribution in [0.15, 0.2) is 22.7 Å². The average Bonchev–Trinajstić information content (AvgIpc) is 2.30. The van der Waals surface area contributed by atoms with Gasteiger partial charge in [-0.25, -0.2) is 0 Å². The van der Waals surface area contributed by atoms with Crippen LogP contribution in [-0.2, 0) is 0 Å². The summed E-state index contributed by atoms with van der Waals surface area (Å²) in [6.45, 7) is 5.69. The Labute approximate surface area is 121 Å². The van der Waals surface area contributed by atoms with Gasteiger partial charge in [-0.05, 0) is 32.0 Å². The second-order valence-corrected chi connectivity index (χ2v) is 6.13. The van der Waals surface area contributed by atoms with Crippen molar-refractivity contribution in [1.29, 1.82) is 0 Å². The molecule has 0 aliphatic carbocycles. The molecule has 1 aliphatic heterocycles. The third kappa shape index (κ3) is 3.05. The molecule has 0 spiro atoms. The normalized spacial score (nSPS) is 24.1. The van der Waals surface area contributed by atoms with E-state index in [0.717, 1.165) is 17.6 Å². The fraction of sp³-hybridized carbons (Fsp3) is 0.462. The number of carbonyl (C=O) groups is 1. The van der Waals surface area contributed by atoms with Crippen LogP contribution in [0.4, 0.5) is 0 Å². The summed E-state index contributed by atoms with van der Waals surface area (Å²) in [5, 5.41) is 3.93. The minimum Gasteiger partial charge on any atom is -0.333 e. The van der Waals surface area contributed by atoms with E-state index in [0.29, 0.717) is 16.6 Å². The van der Waals surface area contributed by atoms with E-state index in [9.17, 15) is 4.79 Å². The highest BCUT2D eigenvalue weighted by Crippen LogP contribution is 2.22. The third-order valence-electron chi connectivity index (χ3n) is 3.13. The van der Waals surface area contributed by atoms with Crippen molar-refractivity contribution in [3.05, 3.63) is 33.3 Å². The van der Waals surface area contributed by atoms with Crippen molar-refractivity contribution in [3.63, 3.8) is 0 Å². The molecule has 2 unspecified atom stereocenters. The monoisotopic (exact) mass is 330 g/mol. The molecule has 1 aromatic carbocycles. The molecule has 2 rings (SSSR count). The van der Waals surface area contributed by atoms with Gasteiger partial charge in [-0.2, -0.15) is 0 Å². The van der Waals surface area contributed by atoms with Gasteiger partial charge in [-0.15, -0.1) is 0 Å². The van der Waals surface area contributed by atoms with Gasteiger partial charge in [0.05, 0.1) is 0 Å². The van der Waals surface area contributed by atoms with Gasteiger partial charge in [0.15, 0.2) is 0 Å². The van der Waals surface area contributed by atoms with E-state index in [1.165, 1.54) is 0 Å². The average molecular weight is 332 g/mol. The molecule has 1 N–H and O–H groups in total. The van der Waals surface area contributed by atoms with E-state index < -0.39 is 0 Å². The number of nitrogens with one attached hydrogen (secondary N) is 1. The van der Waals surface area contributed by atoms with Gasteiger partial charge in [0, 0.05) is 40.2 Å². The highest BCUT2D eigenvalue weighted by molar-refractivity contribution is 9.10. The van der Waals surface area contributed by atoms with E-state index >= 15 is 0 Å². The number of carbonyl (C=O) groups excluding carboxylic acids is 1. The zero-order chi connectivity index (χ0) is 13.3. The van der Waals surface area contributed by atoms with E-state index in [2.05, 4.69) is 35.1 Å². The Bertz CT molecular complexity index is 446. The van der Waals surface area contributed by atoms with E-state index in [4.69, 9.17) is 11.6 Å². The Morgan fingerprint density at radius 2 is 2.17 bits per heavy atom. The van der Waals surface area contributed by atoms with Crippen LogP contribution in [0.1, 0.15) is 24.2 Å². The fourth-order valence-electron chi connectivity index (χ4n) is 2.15. The van der Waals surface area contributed by atoms with Gasteiger partial charge in [0.1, 0.15) is 0 Å². The lowest BCUT2D eigenvalue weighted by Gasteiger charge is -2.37. The predicted molar refractivity (Wildman–Crippen MR) is 77.1 cm³/mol. The van der Waals surface area contributed by atoms with Crippen LogP contribution in [0.25, 0.3) is 0 Å². The van der Waals surface area contributed by atoms with E-state index in [-0.39, 0.29) is 11.9 Å². The van der Waals surface area contributed by atoms with Gasteiger partial charge in [0.2, 0.25) is 0 Å². The molecule has 98 valence electrons. The minimum atomic E-state index is 0.0408. The summed E-state index contributed by atoms with van der Waals surface area (Å²) in [5.74, 6) is 0.0408. The summed E-state index contributed by atoms with van der Waals surface area (Å²) >= 11 is 9.35.